The van der Waals surface area contributed by atoms with Gasteiger partial charge >= 0.3 is 0 Å². The van der Waals surface area contributed by atoms with E-state index in [0.717, 1.165) is 28.6 Å². The van der Waals surface area contributed by atoms with Crippen molar-refractivity contribution in [3.05, 3.63) is 63.3 Å². The lowest BCUT2D eigenvalue weighted by Crippen LogP contribution is -2.45. The summed E-state index contributed by atoms with van der Waals surface area (Å²) in [5.74, 6) is -1.53. The first-order valence-corrected chi connectivity index (χ1v) is 9.29. The van der Waals surface area contributed by atoms with Gasteiger partial charge in [0.25, 0.3) is 6.43 Å². The molecule has 1 aliphatic rings. The maximum absolute atomic E-state index is 14.8. The average Bonchev–Trinajstić information content (AvgIpc) is 3.05. The molecule has 2 heterocycles. The molecule has 4 rings (SSSR count). The minimum atomic E-state index is -2.62. The van der Waals surface area contributed by atoms with E-state index in [4.69, 9.17) is 0 Å². The van der Waals surface area contributed by atoms with Crippen molar-refractivity contribution in [2.75, 3.05) is 6.54 Å². The van der Waals surface area contributed by atoms with E-state index in [9.17, 15) is 17.6 Å². The molecule has 0 fully saturated rings. The maximum Gasteiger partial charge on any atom is 0.251 e. The van der Waals surface area contributed by atoms with Crippen molar-refractivity contribution < 1.29 is 17.6 Å². The molecule has 0 saturated heterocycles. The topological polar surface area (TPSA) is 31.9 Å². The van der Waals surface area contributed by atoms with Gasteiger partial charge in [0.15, 0.2) is 0 Å². The van der Waals surface area contributed by atoms with E-state index < -0.39 is 30.6 Å². The van der Waals surface area contributed by atoms with Crippen molar-refractivity contribution in [3.63, 3.8) is 0 Å². The Balaban J connectivity index is 1.97. The van der Waals surface area contributed by atoms with Crippen LogP contribution in [0.5, 0.6) is 0 Å². The normalized spacial score (nSPS) is 20.4. The molecule has 8 heteroatoms. The molecule has 0 saturated carbocycles. The molecule has 27 heavy (non-hydrogen) atoms. The number of aromatic amines is 1. The molecule has 3 aromatic rings. The molecule has 1 aromatic heterocycles. The molecule has 3 nitrogen and oxygen atoms in total. The highest BCUT2D eigenvalue weighted by Gasteiger charge is 2.38. The van der Waals surface area contributed by atoms with E-state index in [-0.39, 0.29) is 16.1 Å². The smallest absolute Gasteiger partial charge is 0.251 e. The Morgan fingerprint density at radius 1 is 1.26 bits per heavy atom. The van der Waals surface area contributed by atoms with Crippen LogP contribution in [0.15, 0.2) is 34.9 Å². The van der Waals surface area contributed by atoms with E-state index in [1.165, 1.54) is 4.90 Å². The molecule has 0 radical (unpaired) electrons. The number of nitrogens with one attached hydrogen (secondary N) is 1. The van der Waals surface area contributed by atoms with E-state index >= 15 is 0 Å². The van der Waals surface area contributed by atoms with Crippen LogP contribution in [0, 0.1) is 11.6 Å². The van der Waals surface area contributed by atoms with Crippen LogP contribution in [0.1, 0.15) is 29.7 Å². The van der Waals surface area contributed by atoms with Gasteiger partial charge < -0.3 is 0 Å². The molecule has 0 bridgehead atoms. The monoisotopic (exact) mass is 441 g/mol. The zero-order valence-corrected chi connectivity index (χ0v) is 15.9. The molecule has 1 N–H and O–H groups in total. The van der Waals surface area contributed by atoms with Crippen LogP contribution in [-0.2, 0) is 6.42 Å². The van der Waals surface area contributed by atoms with Crippen molar-refractivity contribution >= 4 is 26.8 Å². The van der Waals surface area contributed by atoms with Crippen LogP contribution < -0.4 is 0 Å². The minimum Gasteiger partial charge on any atom is -0.283 e. The third-order valence-electron chi connectivity index (χ3n) is 5.13. The molecular weight excluding hydrogens is 426 g/mol. The second-order valence-corrected chi connectivity index (χ2v) is 7.71. The van der Waals surface area contributed by atoms with Gasteiger partial charge in [-0.15, -0.1) is 0 Å². The average molecular weight is 442 g/mol. The number of hydrogen-bond donors (Lipinski definition) is 1. The Hall–Kier alpha value is -1.93. The molecular formula is C19H16BrF4N3. The number of rotatable bonds is 3. The predicted molar refractivity (Wildman–Crippen MR) is 97.9 cm³/mol. The van der Waals surface area contributed by atoms with Crippen LogP contribution in [0.25, 0.3) is 10.9 Å². The van der Waals surface area contributed by atoms with Gasteiger partial charge in [-0.3, -0.25) is 10.00 Å². The van der Waals surface area contributed by atoms with Gasteiger partial charge in [0.05, 0.1) is 24.3 Å². The lowest BCUT2D eigenvalue weighted by molar-refractivity contribution is 0.0447. The Bertz CT molecular complexity index is 981. The van der Waals surface area contributed by atoms with Gasteiger partial charge in [0.1, 0.15) is 11.6 Å². The van der Waals surface area contributed by atoms with Crippen LogP contribution >= 0.6 is 15.9 Å². The summed E-state index contributed by atoms with van der Waals surface area (Å²) in [5.41, 5.74) is 2.10. The first-order valence-electron chi connectivity index (χ1n) is 8.50. The number of nitrogens with zero attached hydrogens (tertiary/aromatic N) is 2. The third-order valence-corrected chi connectivity index (χ3v) is 5.59. The number of fused-ring (bicyclic) bond motifs is 3. The molecule has 1 aliphatic heterocycles. The van der Waals surface area contributed by atoms with Crippen molar-refractivity contribution in [1.29, 1.82) is 0 Å². The molecule has 2 atom stereocenters. The quantitative estimate of drug-likeness (QED) is 0.566. The lowest BCUT2D eigenvalue weighted by atomic mass is 9.83. The molecule has 0 spiro atoms. The summed E-state index contributed by atoms with van der Waals surface area (Å²) in [6.07, 6.45) is -0.458. The van der Waals surface area contributed by atoms with Gasteiger partial charge in [0, 0.05) is 21.5 Å². The maximum atomic E-state index is 14.8. The molecule has 1 unspecified atom stereocenters. The largest absolute Gasteiger partial charge is 0.283 e. The Morgan fingerprint density at radius 3 is 2.63 bits per heavy atom. The highest BCUT2D eigenvalue weighted by Crippen LogP contribution is 2.42. The van der Waals surface area contributed by atoms with Crippen molar-refractivity contribution in [2.24, 2.45) is 0 Å². The number of H-pyrrole nitrogens is 1. The fraction of sp³-hybridized carbons (Fsp3) is 0.316. The van der Waals surface area contributed by atoms with Gasteiger partial charge in [-0.2, -0.15) is 5.10 Å². The lowest BCUT2D eigenvalue weighted by Gasteiger charge is -2.42. The Morgan fingerprint density at radius 2 is 1.96 bits per heavy atom. The van der Waals surface area contributed by atoms with Gasteiger partial charge in [0.2, 0.25) is 0 Å². The summed E-state index contributed by atoms with van der Waals surface area (Å²) >= 11 is 3.07. The highest BCUT2D eigenvalue weighted by atomic mass is 79.9. The van der Waals surface area contributed by atoms with Gasteiger partial charge in [-0.05, 0) is 42.7 Å². The summed E-state index contributed by atoms with van der Waals surface area (Å²) in [6, 6.07) is 4.57. The SMILES string of the molecule is C[C@@H]1Cc2c(ccc3[nH]ncc23)C(c2c(F)cc(Br)cc2F)N1CC(F)F. The van der Waals surface area contributed by atoms with E-state index in [1.54, 1.807) is 25.3 Å². The predicted octanol–water partition coefficient (Wildman–Crippen LogP) is 5.20. The standard InChI is InChI=1S/C19H16BrF4N3/c1-9-4-12-11(2-3-16-13(12)7-25-26-16)19(27(9)8-17(23)24)18-14(21)5-10(20)6-15(18)22/h2-3,5-7,9,17,19H,4,8H2,1H3,(H,25,26)/t9-,19?/m1/s1. The Kier molecular flexibility index (Phi) is 4.71. The molecule has 0 amide bonds. The fourth-order valence-electron chi connectivity index (χ4n) is 4.00. The fourth-order valence-corrected chi connectivity index (χ4v) is 4.41. The van der Waals surface area contributed by atoms with E-state index in [0.29, 0.717) is 12.0 Å². The van der Waals surface area contributed by atoms with E-state index in [2.05, 4.69) is 26.1 Å². The summed E-state index contributed by atoms with van der Waals surface area (Å²) < 4.78 is 56.4. The van der Waals surface area contributed by atoms with Gasteiger partial charge in [-0.25, -0.2) is 17.6 Å². The zero-order chi connectivity index (χ0) is 19.3. The minimum absolute atomic E-state index is 0.213. The van der Waals surface area contributed by atoms with Crippen LogP contribution in [0.2, 0.25) is 0 Å². The van der Waals surface area contributed by atoms with Gasteiger partial charge in [-0.1, -0.05) is 22.0 Å². The van der Waals surface area contributed by atoms with Crippen molar-refractivity contribution in [1.82, 2.24) is 15.1 Å². The number of alkyl halides is 2. The number of hydrogen-bond acceptors (Lipinski definition) is 2. The van der Waals surface area contributed by atoms with Crippen LogP contribution in [-0.4, -0.2) is 34.1 Å². The second-order valence-electron chi connectivity index (χ2n) is 6.79. The summed E-state index contributed by atoms with van der Waals surface area (Å²) in [6.45, 7) is 1.23. The highest BCUT2D eigenvalue weighted by molar-refractivity contribution is 9.10. The zero-order valence-electron chi connectivity index (χ0n) is 14.3. The van der Waals surface area contributed by atoms with Crippen molar-refractivity contribution in [2.45, 2.75) is 31.9 Å². The molecule has 142 valence electrons. The van der Waals surface area contributed by atoms with Crippen LogP contribution in [0.3, 0.4) is 0 Å². The van der Waals surface area contributed by atoms with Crippen LogP contribution in [0.4, 0.5) is 17.6 Å². The molecule has 2 aromatic carbocycles. The number of aromatic nitrogens is 2. The number of halogens is 5. The first-order chi connectivity index (χ1) is 12.9. The summed E-state index contributed by atoms with van der Waals surface area (Å²) in [7, 11) is 0. The first kappa shape index (κ1) is 18.4. The number of benzene rings is 2. The summed E-state index contributed by atoms with van der Waals surface area (Å²) in [5, 5.41) is 7.75. The Labute approximate surface area is 161 Å². The van der Waals surface area contributed by atoms with Crippen molar-refractivity contribution in [3.8, 4) is 0 Å². The summed E-state index contributed by atoms with van der Waals surface area (Å²) in [4.78, 5) is 1.48. The van der Waals surface area contributed by atoms with E-state index in [1.807, 2.05) is 0 Å². The molecule has 0 aliphatic carbocycles. The second kappa shape index (κ2) is 6.91. The third kappa shape index (κ3) is 3.14.